The number of aliphatic hydroxyl groups excluding tert-OH is 3. The average Bonchev–Trinajstić information content (AvgIpc) is 3.56. The number of carboxylic acids is 1. The molecule has 6 saturated heterocycles. The minimum atomic E-state index is -1.96. The van der Waals surface area contributed by atoms with Gasteiger partial charge in [0, 0.05) is 38.0 Å². The van der Waals surface area contributed by atoms with Crippen LogP contribution in [-0.4, -0.2) is 122 Å². The van der Waals surface area contributed by atoms with Crippen LogP contribution in [0.5, 0.6) is 0 Å². The summed E-state index contributed by atoms with van der Waals surface area (Å²) in [5, 5.41) is 54.0. The van der Waals surface area contributed by atoms with Crippen LogP contribution in [0.25, 0.3) is 0 Å². The molecule has 17 atom stereocenters. The van der Waals surface area contributed by atoms with Crippen molar-refractivity contribution >= 4 is 5.97 Å². The van der Waals surface area contributed by atoms with Crippen LogP contribution in [0.4, 0.5) is 0 Å². The van der Waals surface area contributed by atoms with E-state index in [-0.39, 0.29) is 36.6 Å². The number of fused-ring (bicyclic) bond motifs is 1. The molecular weight excluding hydrogens is 736 g/mol. The number of hydrogen-bond acceptors (Lipinski definition) is 12. The second-order valence-electron chi connectivity index (χ2n) is 18.9. The lowest BCUT2D eigenvalue weighted by Gasteiger charge is -2.50. The molecule has 3 spiro atoms. The van der Waals surface area contributed by atoms with Gasteiger partial charge >= 0.3 is 5.97 Å². The summed E-state index contributed by atoms with van der Waals surface area (Å²) in [5.41, 5.74) is -0.551. The fourth-order valence-corrected chi connectivity index (χ4v) is 10.5. The molecule has 5 N–H and O–H groups in total. The van der Waals surface area contributed by atoms with Gasteiger partial charge in [0.2, 0.25) is 5.79 Å². The van der Waals surface area contributed by atoms with E-state index in [9.17, 15) is 30.3 Å². The standard InChI is InChI=1S/C44H68O13/c1-25-21-34(55-44(23-25)35(46)12-11-31(54-44)24-41(6,50)40(48)49)26(2)9-10-30-14-18-43(53-30)19-15-33-39(57-43)36(47)29(5)38(52-33)32(45)22-28(4)37-27(3)13-17-42(56-37)16-7-8-20-51-42/h9-10,23,26-28,30-39,45-47,50H,5,7-8,11-22,24H2,1-4,6H3,(H,48,49)/b10-9+/t26-,27-,28+,30+,31?,32+,33?,34-,35-,36-,37+,38?,39?,41-,42+,43+,44-/m1/s1. The SMILES string of the molecule is C=C1C([C@@H](O)C[C@H](C)[C@H]2O[C@@]3(CCCCO3)CC[C@H]2C)OC2CC[C@]3(CC[C@H](/C=C/[C@@H](C)[C@H]4CC(C)=C[C@@]5(OC(C[C@@](C)(O)C(=O)O)CC[C@H]5O)O4)O3)OC2[C@@H]1O. The maximum absolute atomic E-state index is 11.6. The molecule has 57 heavy (non-hydrogen) atoms. The molecule has 322 valence electrons. The molecule has 0 aromatic carbocycles. The van der Waals surface area contributed by atoms with Crippen molar-refractivity contribution in [2.45, 2.75) is 209 Å². The van der Waals surface area contributed by atoms with E-state index in [4.69, 9.17) is 33.2 Å². The summed E-state index contributed by atoms with van der Waals surface area (Å²) in [6.45, 7) is 14.5. The normalized spacial score (nSPS) is 45.4. The lowest BCUT2D eigenvalue weighted by molar-refractivity contribution is -0.321. The van der Waals surface area contributed by atoms with Crippen molar-refractivity contribution < 1.29 is 63.5 Å². The molecule has 7 aliphatic rings. The number of hydrogen-bond donors (Lipinski definition) is 5. The molecule has 13 heteroatoms. The maximum atomic E-state index is 11.6. The Morgan fingerprint density at radius 2 is 1.75 bits per heavy atom. The van der Waals surface area contributed by atoms with Gasteiger partial charge in [-0.2, -0.15) is 0 Å². The Morgan fingerprint density at radius 3 is 2.49 bits per heavy atom. The first kappa shape index (κ1) is 43.3. The average molecular weight is 805 g/mol. The van der Waals surface area contributed by atoms with E-state index in [1.165, 1.54) is 6.92 Å². The molecule has 7 rings (SSSR count). The summed E-state index contributed by atoms with van der Waals surface area (Å²) < 4.78 is 45.2. The maximum Gasteiger partial charge on any atom is 0.335 e. The molecule has 0 radical (unpaired) electrons. The predicted molar refractivity (Wildman–Crippen MR) is 208 cm³/mol. The highest BCUT2D eigenvalue weighted by Gasteiger charge is 2.55. The van der Waals surface area contributed by atoms with E-state index in [0.29, 0.717) is 56.4 Å². The highest BCUT2D eigenvalue weighted by molar-refractivity contribution is 5.76. The van der Waals surface area contributed by atoms with Gasteiger partial charge in [0.15, 0.2) is 17.2 Å². The molecule has 4 unspecified atom stereocenters. The van der Waals surface area contributed by atoms with Gasteiger partial charge in [-0.15, -0.1) is 0 Å². The monoisotopic (exact) mass is 804 g/mol. The molecule has 0 aliphatic carbocycles. The van der Waals surface area contributed by atoms with Gasteiger partial charge in [0.25, 0.3) is 0 Å². The Labute approximate surface area is 337 Å². The van der Waals surface area contributed by atoms with Gasteiger partial charge in [-0.25, -0.2) is 4.79 Å². The van der Waals surface area contributed by atoms with Crippen molar-refractivity contribution in [1.29, 1.82) is 0 Å². The minimum absolute atomic E-state index is 0.0423. The zero-order chi connectivity index (χ0) is 40.9. The van der Waals surface area contributed by atoms with Crippen LogP contribution in [0.3, 0.4) is 0 Å². The molecule has 6 fully saturated rings. The van der Waals surface area contributed by atoms with E-state index in [1.54, 1.807) is 6.08 Å². The zero-order valence-electron chi connectivity index (χ0n) is 34.6. The number of carbonyl (C=O) groups is 1. The Hall–Kier alpha value is -1.75. The van der Waals surface area contributed by atoms with Crippen LogP contribution < -0.4 is 0 Å². The Balaban J connectivity index is 0.920. The third-order valence-electron chi connectivity index (χ3n) is 14.0. The van der Waals surface area contributed by atoms with Gasteiger partial charge in [0.05, 0.1) is 43.2 Å². The fraction of sp³-hybridized carbons (Fsp3) is 0.841. The summed E-state index contributed by atoms with van der Waals surface area (Å²) in [5.74, 6) is -3.82. The second kappa shape index (κ2) is 17.0. The van der Waals surface area contributed by atoms with Crippen molar-refractivity contribution in [2.75, 3.05) is 6.61 Å². The number of rotatable bonds is 10. The molecule has 7 heterocycles. The van der Waals surface area contributed by atoms with Crippen molar-refractivity contribution in [2.24, 2.45) is 17.8 Å². The minimum Gasteiger partial charge on any atom is -0.479 e. The zero-order valence-corrected chi connectivity index (χ0v) is 34.6. The Kier molecular flexibility index (Phi) is 12.9. The molecule has 0 saturated carbocycles. The Morgan fingerprint density at radius 1 is 1.00 bits per heavy atom. The second-order valence-corrected chi connectivity index (χ2v) is 18.9. The van der Waals surface area contributed by atoms with Gasteiger partial charge in [-0.3, -0.25) is 0 Å². The summed E-state index contributed by atoms with van der Waals surface area (Å²) >= 11 is 0. The number of aliphatic hydroxyl groups is 4. The third kappa shape index (κ3) is 9.15. The van der Waals surface area contributed by atoms with Crippen LogP contribution in [0.15, 0.2) is 36.0 Å². The fourth-order valence-electron chi connectivity index (χ4n) is 10.5. The van der Waals surface area contributed by atoms with Crippen LogP contribution >= 0.6 is 0 Å². The van der Waals surface area contributed by atoms with E-state index in [0.717, 1.165) is 50.7 Å². The van der Waals surface area contributed by atoms with Crippen molar-refractivity contribution in [3.05, 3.63) is 36.0 Å². The smallest absolute Gasteiger partial charge is 0.335 e. The molecule has 0 aromatic rings. The molecule has 7 aliphatic heterocycles. The number of ether oxygens (including phenoxy) is 7. The predicted octanol–water partition coefficient (Wildman–Crippen LogP) is 5.21. The highest BCUT2D eigenvalue weighted by Crippen LogP contribution is 2.47. The van der Waals surface area contributed by atoms with Crippen molar-refractivity contribution in [3.8, 4) is 0 Å². The summed E-state index contributed by atoms with van der Waals surface area (Å²) in [6.07, 6.45) is 9.37. The van der Waals surface area contributed by atoms with E-state index in [1.807, 2.05) is 19.9 Å². The first-order chi connectivity index (χ1) is 26.9. The molecule has 13 nitrogen and oxygen atoms in total. The highest BCUT2D eigenvalue weighted by atomic mass is 16.7. The quantitative estimate of drug-likeness (QED) is 0.182. The molecule has 0 amide bonds. The largest absolute Gasteiger partial charge is 0.479 e. The number of carboxylic acid groups (broad SMARTS) is 1. The van der Waals surface area contributed by atoms with Crippen molar-refractivity contribution in [1.82, 2.24) is 0 Å². The van der Waals surface area contributed by atoms with Crippen LogP contribution in [0.2, 0.25) is 0 Å². The lowest BCUT2D eigenvalue weighted by atomic mass is 9.79. The topological polar surface area (TPSA) is 183 Å². The third-order valence-corrected chi connectivity index (χ3v) is 14.0. The van der Waals surface area contributed by atoms with Gasteiger partial charge in [-0.05, 0) is 95.1 Å². The van der Waals surface area contributed by atoms with E-state index < -0.39 is 71.7 Å². The first-order valence-electron chi connectivity index (χ1n) is 21.7. The van der Waals surface area contributed by atoms with Crippen LogP contribution in [-0.2, 0) is 38.0 Å². The lowest BCUT2D eigenvalue weighted by Crippen LogP contribution is -2.60. The van der Waals surface area contributed by atoms with E-state index >= 15 is 0 Å². The van der Waals surface area contributed by atoms with Gasteiger partial charge in [-0.1, -0.05) is 45.1 Å². The summed E-state index contributed by atoms with van der Waals surface area (Å²) in [4.78, 5) is 11.6. The summed E-state index contributed by atoms with van der Waals surface area (Å²) in [7, 11) is 0. The van der Waals surface area contributed by atoms with Gasteiger partial charge < -0.3 is 58.7 Å². The molecule has 0 bridgehead atoms. The van der Waals surface area contributed by atoms with Crippen molar-refractivity contribution in [3.63, 3.8) is 0 Å². The number of aliphatic carboxylic acids is 1. The molecule has 0 aromatic heterocycles. The van der Waals surface area contributed by atoms with Gasteiger partial charge in [0.1, 0.15) is 24.4 Å². The summed E-state index contributed by atoms with van der Waals surface area (Å²) in [6, 6.07) is 0. The van der Waals surface area contributed by atoms with E-state index in [2.05, 4.69) is 26.5 Å². The van der Waals surface area contributed by atoms with Crippen LogP contribution in [0.1, 0.15) is 125 Å². The first-order valence-corrected chi connectivity index (χ1v) is 21.7. The Bertz CT molecular complexity index is 1510. The van der Waals surface area contributed by atoms with Crippen LogP contribution in [0, 0.1) is 17.8 Å². The molecular formula is C44H68O13.